The van der Waals surface area contributed by atoms with Crippen molar-refractivity contribution < 1.29 is 13.9 Å². The van der Waals surface area contributed by atoms with Gasteiger partial charge in [-0.15, -0.1) is 11.6 Å². The summed E-state index contributed by atoms with van der Waals surface area (Å²) >= 11 is 5.49. The molecule has 0 aliphatic heterocycles. The molecule has 1 rings (SSSR count). The highest BCUT2D eigenvalue weighted by atomic mass is 35.5. The molecule has 1 aromatic rings. The van der Waals surface area contributed by atoms with Crippen LogP contribution in [0.1, 0.15) is 23.2 Å². The summed E-state index contributed by atoms with van der Waals surface area (Å²) in [7, 11) is 1.41. The molecule has 0 unspecified atom stereocenters. The number of Topliss-reactive ketones (excluding diaryl/α,β-unsaturated/α-hetero) is 1. The Hall–Kier alpha value is -1.09. The van der Waals surface area contributed by atoms with Gasteiger partial charge in [0, 0.05) is 18.4 Å². The first-order chi connectivity index (χ1) is 7.19. The zero-order valence-electron chi connectivity index (χ0n) is 8.43. The van der Waals surface area contributed by atoms with E-state index in [0.29, 0.717) is 24.3 Å². The lowest BCUT2D eigenvalue weighted by Gasteiger charge is -2.06. The van der Waals surface area contributed by atoms with Crippen LogP contribution in [0.5, 0.6) is 5.75 Å². The molecular weight excluding hydrogens is 219 g/mol. The van der Waals surface area contributed by atoms with Crippen LogP contribution >= 0.6 is 11.6 Å². The second-order valence-corrected chi connectivity index (χ2v) is 3.44. The zero-order valence-corrected chi connectivity index (χ0v) is 9.18. The summed E-state index contributed by atoms with van der Waals surface area (Å²) in [5.41, 5.74) is 0.406. The van der Waals surface area contributed by atoms with Crippen molar-refractivity contribution in [1.82, 2.24) is 0 Å². The molecule has 0 N–H and O–H groups in total. The quantitative estimate of drug-likeness (QED) is 0.574. The number of methoxy groups -OCH3 is 1. The van der Waals surface area contributed by atoms with Gasteiger partial charge in [-0.3, -0.25) is 4.79 Å². The fraction of sp³-hybridized carbons (Fsp3) is 0.364. The SMILES string of the molecule is COc1cc(F)ccc1C(=O)CCCCl. The number of ether oxygens (including phenoxy) is 1. The van der Waals surface area contributed by atoms with Crippen molar-refractivity contribution in [1.29, 1.82) is 0 Å². The Labute approximate surface area is 93.0 Å². The summed E-state index contributed by atoms with van der Waals surface area (Å²) < 4.78 is 17.8. The Morgan fingerprint density at radius 1 is 1.53 bits per heavy atom. The van der Waals surface area contributed by atoms with E-state index < -0.39 is 5.82 Å². The molecule has 0 amide bonds. The van der Waals surface area contributed by atoms with Gasteiger partial charge < -0.3 is 4.74 Å². The number of benzene rings is 1. The number of carbonyl (C=O) groups excluding carboxylic acids is 1. The average Bonchev–Trinajstić information content (AvgIpc) is 2.25. The maximum atomic E-state index is 12.8. The number of ketones is 1. The number of hydrogen-bond acceptors (Lipinski definition) is 2. The van der Waals surface area contributed by atoms with Crippen molar-refractivity contribution in [3.63, 3.8) is 0 Å². The largest absolute Gasteiger partial charge is 0.496 e. The van der Waals surface area contributed by atoms with Gasteiger partial charge in [0.05, 0.1) is 12.7 Å². The summed E-state index contributed by atoms with van der Waals surface area (Å²) in [6, 6.07) is 3.88. The van der Waals surface area contributed by atoms with Crippen LogP contribution in [0.15, 0.2) is 18.2 Å². The van der Waals surface area contributed by atoms with E-state index in [-0.39, 0.29) is 11.5 Å². The highest BCUT2D eigenvalue weighted by Gasteiger charge is 2.12. The Morgan fingerprint density at radius 2 is 2.27 bits per heavy atom. The van der Waals surface area contributed by atoms with Gasteiger partial charge in [0.25, 0.3) is 0 Å². The van der Waals surface area contributed by atoms with Crippen LogP contribution < -0.4 is 4.74 Å². The Balaban J connectivity index is 2.87. The van der Waals surface area contributed by atoms with E-state index in [1.807, 2.05) is 0 Å². The number of halogens is 2. The Morgan fingerprint density at radius 3 is 2.87 bits per heavy atom. The van der Waals surface area contributed by atoms with Crippen LogP contribution in [0, 0.1) is 5.82 Å². The van der Waals surface area contributed by atoms with Gasteiger partial charge in [0.15, 0.2) is 5.78 Å². The molecular formula is C11H12ClFO2. The third-order valence-electron chi connectivity index (χ3n) is 2.00. The van der Waals surface area contributed by atoms with Crippen molar-refractivity contribution in [3.8, 4) is 5.75 Å². The summed E-state index contributed by atoms with van der Waals surface area (Å²) in [5, 5.41) is 0. The van der Waals surface area contributed by atoms with Crippen LogP contribution in [0.2, 0.25) is 0 Å². The van der Waals surface area contributed by atoms with Crippen LogP contribution in [-0.4, -0.2) is 18.8 Å². The smallest absolute Gasteiger partial charge is 0.166 e. The standard InChI is InChI=1S/C11H12ClFO2/c1-15-11-7-8(13)4-5-9(11)10(14)3-2-6-12/h4-5,7H,2-3,6H2,1H3. The maximum absolute atomic E-state index is 12.8. The molecule has 0 radical (unpaired) electrons. The lowest BCUT2D eigenvalue weighted by molar-refractivity contribution is 0.0979. The second-order valence-electron chi connectivity index (χ2n) is 3.06. The predicted octanol–water partition coefficient (Wildman–Crippen LogP) is 3.04. The molecule has 0 aromatic heterocycles. The molecule has 0 aliphatic rings. The third kappa shape index (κ3) is 3.20. The molecule has 1 aromatic carbocycles. The zero-order chi connectivity index (χ0) is 11.3. The molecule has 15 heavy (non-hydrogen) atoms. The monoisotopic (exact) mass is 230 g/mol. The van der Waals surface area contributed by atoms with E-state index in [2.05, 4.69) is 0 Å². The van der Waals surface area contributed by atoms with Crippen LogP contribution in [0.3, 0.4) is 0 Å². The lowest BCUT2D eigenvalue weighted by atomic mass is 10.1. The van der Waals surface area contributed by atoms with Gasteiger partial charge >= 0.3 is 0 Å². The fourth-order valence-corrected chi connectivity index (χ4v) is 1.39. The second kappa shape index (κ2) is 5.71. The number of carbonyl (C=O) groups is 1. The number of rotatable bonds is 5. The molecule has 0 saturated heterocycles. The van der Waals surface area contributed by atoms with Crippen LogP contribution in [0.4, 0.5) is 4.39 Å². The first-order valence-corrected chi connectivity index (χ1v) is 5.15. The highest BCUT2D eigenvalue weighted by Crippen LogP contribution is 2.21. The highest BCUT2D eigenvalue weighted by molar-refractivity contribution is 6.18. The van der Waals surface area contributed by atoms with Gasteiger partial charge in [-0.1, -0.05) is 0 Å². The van der Waals surface area contributed by atoms with Crippen molar-refractivity contribution in [3.05, 3.63) is 29.6 Å². The number of alkyl halides is 1. The fourth-order valence-electron chi connectivity index (χ4n) is 1.26. The van der Waals surface area contributed by atoms with Crippen molar-refractivity contribution in [2.75, 3.05) is 13.0 Å². The minimum atomic E-state index is -0.416. The third-order valence-corrected chi connectivity index (χ3v) is 2.27. The Kier molecular flexibility index (Phi) is 4.56. The molecule has 0 heterocycles. The first kappa shape index (κ1) is 12.0. The normalized spacial score (nSPS) is 10.1. The summed E-state index contributed by atoms with van der Waals surface area (Å²) in [6.45, 7) is 0. The minimum Gasteiger partial charge on any atom is -0.496 e. The summed E-state index contributed by atoms with van der Waals surface area (Å²) in [6.07, 6.45) is 0.965. The van der Waals surface area contributed by atoms with E-state index in [1.165, 1.54) is 25.3 Å². The van der Waals surface area contributed by atoms with Crippen LogP contribution in [-0.2, 0) is 0 Å². The topological polar surface area (TPSA) is 26.3 Å². The van der Waals surface area contributed by atoms with E-state index in [4.69, 9.17) is 16.3 Å². The van der Waals surface area contributed by atoms with Gasteiger partial charge in [-0.25, -0.2) is 4.39 Å². The lowest BCUT2D eigenvalue weighted by Crippen LogP contribution is -2.02. The van der Waals surface area contributed by atoms with E-state index in [0.717, 1.165) is 0 Å². The van der Waals surface area contributed by atoms with Gasteiger partial charge in [-0.2, -0.15) is 0 Å². The molecule has 0 bridgehead atoms. The number of hydrogen-bond donors (Lipinski definition) is 0. The predicted molar refractivity (Wildman–Crippen MR) is 57.2 cm³/mol. The summed E-state index contributed by atoms with van der Waals surface area (Å²) in [4.78, 5) is 11.6. The van der Waals surface area contributed by atoms with Crippen molar-refractivity contribution in [2.24, 2.45) is 0 Å². The van der Waals surface area contributed by atoms with E-state index >= 15 is 0 Å². The summed E-state index contributed by atoms with van der Waals surface area (Å²) in [5.74, 6) is 0.220. The average molecular weight is 231 g/mol. The molecule has 0 saturated carbocycles. The molecule has 0 aliphatic carbocycles. The Bertz CT molecular complexity index is 352. The van der Waals surface area contributed by atoms with E-state index in [9.17, 15) is 9.18 Å². The molecule has 82 valence electrons. The van der Waals surface area contributed by atoms with Crippen molar-refractivity contribution >= 4 is 17.4 Å². The maximum Gasteiger partial charge on any atom is 0.166 e. The molecule has 4 heteroatoms. The van der Waals surface area contributed by atoms with Gasteiger partial charge in [-0.05, 0) is 18.6 Å². The minimum absolute atomic E-state index is 0.0764. The van der Waals surface area contributed by atoms with Gasteiger partial charge in [0.2, 0.25) is 0 Å². The van der Waals surface area contributed by atoms with Gasteiger partial charge in [0.1, 0.15) is 11.6 Å². The molecule has 2 nitrogen and oxygen atoms in total. The molecule has 0 fully saturated rings. The van der Waals surface area contributed by atoms with E-state index in [1.54, 1.807) is 0 Å². The molecule has 0 spiro atoms. The first-order valence-electron chi connectivity index (χ1n) is 4.61. The van der Waals surface area contributed by atoms with Crippen molar-refractivity contribution in [2.45, 2.75) is 12.8 Å². The molecule has 0 atom stereocenters. The van der Waals surface area contributed by atoms with Crippen LogP contribution in [0.25, 0.3) is 0 Å².